The molecule has 0 bridgehead atoms. The maximum absolute atomic E-state index is 12.3. The molecular weight excluding hydrogens is 262 g/mol. The lowest BCUT2D eigenvalue weighted by atomic mass is 10.0. The SMILES string of the molecule is CCOC(=O)C(NC1CCCC1)c1cccc(C2CC2)c1. The largest absolute Gasteiger partial charge is 0.465 e. The minimum atomic E-state index is -0.313. The van der Waals surface area contributed by atoms with Crippen LogP contribution in [0.3, 0.4) is 0 Å². The first-order chi connectivity index (χ1) is 10.3. The van der Waals surface area contributed by atoms with E-state index in [9.17, 15) is 4.79 Å². The fraction of sp³-hybridized carbons (Fsp3) is 0.611. The van der Waals surface area contributed by atoms with E-state index in [0.717, 1.165) is 18.4 Å². The Hall–Kier alpha value is -1.35. The van der Waals surface area contributed by atoms with E-state index in [1.54, 1.807) is 0 Å². The van der Waals surface area contributed by atoms with E-state index in [2.05, 4.69) is 29.6 Å². The molecule has 1 aromatic rings. The summed E-state index contributed by atoms with van der Waals surface area (Å²) in [6.07, 6.45) is 7.41. The van der Waals surface area contributed by atoms with Gasteiger partial charge in [-0.1, -0.05) is 37.1 Å². The first-order valence-corrected chi connectivity index (χ1v) is 8.30. The second kappa shape index (κ2) is 6.61. The third-order valence-electron chi connectivity index (χ3n) is 4.57. The molecule has 2 aliphatic carbocycles. The van der Waals surface area contributed by atoms with Crippen LogP contribution in [0.15, 0.2) is 24.3 Å². The maximum atomic E-state index is 12.3. The van der Waals surface area contributed by atoms with E-state index in [1.165, 1.54) is 31.2 Å². The summed E-state index contributed by atoms with van der Waals surface area (Å²) in [6.45, 7) is 2.30. The fourth-order valence-electron chi connectivity index (χ4n) is 3.26. The molecular formula is C18H25NO2. The van der Waals surface area contributed by atoms with Crippen molar-refractivity contribution in [1.29, 1.82) is 0 Å². The van der Waals surface area contributed by atoms with Crippen LogP contribution in [0.1, 0.15) is 68.5 Å². The summed E-state index contributed by atoms with van der Waals surface area (Å²) >= 11 is 0. The molecule has 2 aliphatic rings. The number of esters is 1. The minimum absolute atomic E-state index is 0.141. The second-order valence-corrected chi connectivity index (χ2v) is 6.28. The van der Waals surface area contributed by atoms with Crippen LogP contribution in [0.5, 0.6) is 0 Å². The number of hydrogen-bond acceptors (Lipinski definition) is 3. The topological polar surface area (TPSA) is 38.3 Å². The molecule has 0 spiro atoms. The van der Waals surface area contributed by atoms with E-state index in [-0.39, 0.29) is 12.0 Å². The highest BCUT2D eigenvalue weighted by Gasteiger charge is 2.29. The molecule has 0 aliphatic heterocycles. The normalized spacial score (nSPS) is 20.4. The van der Waals surface area contributed by atoms with Gasteiger partial charge in [-0.25, -0.2) is 4.79 Å². The monoisotopic (exact) mass is 287 g/mol. The van der Waals surface area contributed by atoms with Gasteiger partial charge >= 0.3 is 5.97 Å². The van der Waals surface area contributed by atoms with Crippen molar-refractivity contribution >= 4 is 5.97 Å². The first kappa shape index (κ1) is 14.6. The summed E-state index contributed by atoms with van der Waals surface area (Å²) in [4.78, 5) is 12.3. The summed E-state index contributed by atoms with van der Waals surface area (Å²) in [5.74, 6) is 0.566. The molecule has 3 rings (SSSR count). The van der Waals surface area contributed by atoms with Crippen molar-refractivity contribution in [3.63, 3.8) is 0 Å². The Bertz CT molecular complexity index is 490. The van der Waals surface area contributed by atoms with Crippen LogP contribution in [0.4, 0.5) is 0 Å². The van der Waals surface area contributed by atoms with Crippen molar-refractivity contribution in [3.05, 3.63) is 35.4 Å². The minimum Gasteiger partial charge on any atom is -0.465 e. The standard InChI is InChI=1S/C18H25NO2/c1-2-21-18(20)17(19-16-8-3-4-9-16)15-7-5-6-14(12-15)13-10-11-13/h5-7,12-13,16-17,19H,2-4,8-11H2,1H3. The number of benzene rings is 1. The zero-order valence-electron chi connectivity index (χ0n) is 12.8. The van der Waals surface area contributed by atoms with Crippen molar-refractivity contribution in [2.75, 3.05) is 6.61 Å². The number of nitrogens with one attached hydrogen (secondary N) is 1. The van der Waals surface area contributed by atoms with Crippen LogP contribution in [-0.4, -0.2) is 18.6 Å². The molecule has 0 heterocycles. The highest BCUT2D eigenvalue weighted by atomic mass is 16.5. The highest BCUT2D eigenvalue weighted by Crippen LogP contribution is 2.40. The van der Waals surface area contributed by atoms with Crippen LogP contribution >= 0.6 is 0 Å². The second-order valence-electron chi connectivity index (χ2n) is 6.28. The number of hydrogen-bond donors (Lipinski definition) is 1. The zero-order valence-corrected chi connectivity index (χ0v) is 12.8. The van der Waals surface area contributed by atoms with E-state index in [0.29, 0.717) is 18.6 Å². The number of ether oxygens (including phenoxy) is 1. The van der Waals surface area contributed by atoms with Gasteiger partial charge in [0.05, 0.1) is 6.61 Å². The van der Waals surface area contributed by atoms with Crippen molar-refractivity contribution < 1.29 is 9.53 Å². The lowest BCUT2D eigenvalue weighted by Gasteiger charge is -2.22. The highest BCUT2D eigenvalue weighted by molar-refractivity contribution is 5.77. The summed E-state index contributed by atoms with van der Waals surface area (Å²) in [6, 6.07) is 8.64. The first-order valence-electron chi connectivity index (χ1n) is 8.30. The Morgan fingerprint density at radius 1 is 1.29 bits per heavy atom. The van der Waals surface area contributed by atoms with Gasteiger partial charge in [0, 0.05) is 6.04 Å². The van der Waals surface area contributed by atoms with E-state index in [1.807, 2.05) is 6.92 Å². The van der Waals surface area contributed by atoms with Crippen molar-refractivity contribution in [2.24, 2.45) is 0 Å². The quantitative estimate of drug-likeness (QED) is 0.811. The van der Waals surface area contributed by atoms with E-state index >= 15 is 0 Å². The summed E-state index contributed by atoms with van der Waals surface area (Å²) < 4.78 is 5.28. The molecule has 3 heteroatoms. The van der Waals surface area contributed by atoms with Gasteiger partial charge in [0.1, 0.15) is 6.04 Å². The van der Waals surface area contributed by atoms with E-state index in [4.69, 9.17) is 4.74 Å². The number of rotatable bonds is 6. The van der Waals surface area contributed by atoms with Gasteiger partial charge in [-0.3, -0.25) is 5.32 Å². The predicted molar refractivity (Wildman–Crippen MR) is 83.2 cm³/mol. The summed E-state index contributed by atoms with van der Waals surface area (Å²) in [5, 5.41) is 3.53. The molecule has 0 radical (unpaired) electrons. The predicted octanol–water partition coefficient (Wildman–Crippen LogP) is 3.70. The fourth-order valence-corrected chi connectivity index (χ4v) is 3.26. The third kappa shape index (κ3) is 3.65. The van der Waals surface area contributed by atoms with Crippen LogP contribution in [0.25, 0.3) is 0 Å². The number of carbonyl (C=O) groups excluding carboxylic acids is 1. The Morgan fingerprint density at radius 3 is 2.71 bits per heavy atom. The molecule has 1 aromatic carbocycles. The third-order valence-corrected chi connectivity index (χ3v) is 4.57. The molecule has 3 nitrogen and oxygen atoms in total. The van der Waals surface area contributed by atoms with Crippen LogP contribution in [0, 0.1) is 0 Å². The lowest BCUT2D eigenvalue weighted by molar-refractivity contribution is -0.146. The molecule has 1 atom stereocenters. The lowest BCUT2D eigenvalue weighted by Crippen LogP contribution is -2.36. The molecule has 21 heavy (non-hydrogen) atoms. The van der Waals surface area contributed by atoms with Crippen LogP contribution in [-0.2, 0) is 9.53 Å². The molecule has 2 saturated carbocycles. The van der Waals surface area contributed by atoms with Gasteiger partial charge in [-0.05, 0) is 49.7 Å². The summed E-state index contributed by atoms with van der Waals surface area (Å²) in [7, 11) is 0. The van der Waals surface area contributed by atoms with Gasteiger partial charge < -0.3 is 4.74 Å². The van der Waals surface area contributed by atoms with Gasteiger partial charge in [0.25, 0.3) is 0 Å². The van der Waals surface area contributed by atoms with Gasteiger partial charge in [0.2, 0.25) is 0 Å². The van der Waals surface area contributed by atoms with Crippen molar-refractivity contribution in [1.82, 2.24) is 5.32 Å². The van der Waals surface area contributed by atoms with Crippen molar-refractivity contribution in [3.8, 4) is 0 Å². The Balaban J connectivity index is 1.78. The molecule has 0 amide bonds. The smallest absolute Gasteiger partial charge is 0.327 e. The van der Waals surface area contributed by atoms with Crippen LogP contribution in [0.2, 0.25) is 0 Å². The van der Waals surface area contributed by atoms with Gasteiger partial charge in [-0.15, -0.1) is 0 Å². The molecule has 114 valence electrons. The molecule has 2 fully saturated rings. The molecule has 0 aromatic heterocycles. The van der Waals surface area contributed by atoms with Gasteiger partial charge in [0.15, 0.2) is 0 Å². The Kier molecular flexibility index (Phi) is 4.59. The summed E-state index contributed by atoms with van der Waals surface area (Å²) in [5.41, 5.74) is 2.43. The Labute approximate surface area is 127 Å². The average molecular weight is 287 g/mol. The molecule has 1 unspecified atom stereocenters. The maximum Gasteiger partial charge on any atom is 0.327 e. The van der Waals surface area contributed by atoms with Crippen molar-refractivity contribution in [2.45, 2.75) is 63.5 Å². The molecule has 1 N–H and O–H groups in total. The zero-order chi connectivity index (χ0) is 14.7. The van der Waals surface area contributed by atoms with E-state index < -0.39 is 0 Å². The Morgan fingerprint density at radius 2 is 2.05 bits per heavy atom. The number of carbonyl (C=O) groups is 1. The average Bonchev–Trinajstić information content (AvgIpc) is 3.22. The van der Waals surface area contributed by atoms with Gasteiger partial charge in [-0.2, -0.15) is 0 Å². The molecule has 0 saturated heterocycles. The van der Waals surface area contributed by atoms with Crippen LogP contribution < -0.4 is 5.32 Å².